The van der Waals surface area contributed by atoms with Crippen molar-refractivity contribution in [2.75, 3.05) is 6.61 Å². The Morgan fingerprint density at radius 3 is 2.19 bits per heavy atom. The summed E-state index contributed by atoms with van der Waals surface area (Å²) in [6, 6.07) is 4.56. The smallest absolute Gasteiger partial charge is 0.425 e. The SMILES string of the molecule is CC(OC(=O)CCC[C@H](CO[N+](=O)[O-])O[N+](=O)[O-])OC(=O)Oc1ccc([N+](=O)[O-])cc1. The van der Waals surface area contributed by atoms with Crippen molar-refractivity contribution < 1.29 is 48.6 Å². The van der Waals surface area contributed by atoms with Crippen LogP contribution < -0.4 is 4.74 Å². The van der Waals surface area contributed by atoms with Gasteiger partial charge in [-0.3, -0.25) is 14.9 Å². The molecular weight excluding hydrogens is 430 g/mol. The van der Waals surface area contributed by atoms with Crippen molar-refractivity contribution in [2.24, 2.45) is 0 Å². The van der Waals surface area contributed by atoms with Gasteiger partial charge in [0.1, 0.15) is 18.5 Å². The fourth-order valence-corrected chi connectivity index (χ4v) is 2.07. The highest BCUT2D eigenvalue weighted by Gasteiger charge is 2.19. The molecular formula is C15H17N3O13. The van der Waals surface area contributed by atoms with E-state index < -0.39 is 46.2 Å². The minimum Gasteiger partial charge on any atom is -0.425 e. The minimum absolute atomic E-state index is 0.00161. The van der Waals surface area contributed by atoms with Gasteiger partial charge >= 0.3 is 12.1 Å². The monoisotopic (exact) mass is 447 g/mol. The van der Waals surface area contributed by atoms with E-state index in [1.807, 2.05) is 0 Å². The summed E-state index contributed by atoms with van der Waals surface area (Å²) < 4.78 is 14.3. The number of carbonyl (C=O) groups excluding carboxylic acids is 2. The number of esters is 1. The zero-order chi connectivity index (χ0) is 23.4. The maximum atomic E-state index is 11.7. The van der Waals surface area contributed by atoms with E-state index in [1.165, 1.54) is 19.1 Å². The lowest BCUT2D eigenvalue weighted by atomic mass is 10.1. The van der Waals surface area contributed by atoms with Crippen LogP contribution in [0.25, 0.3) is 0 Å². The highest BCUT2D eigenvalue weighted by Crippen LogP contribution is 2.18. The van der Waals surface area contributed by atoms with E-state index in [2.05, 4.69) is 9.68 Å². The molecule has 0 spiro atoms. The van der Waals surface area contributed by atoms with E-state index in [9.17, 15) is 39.9 Å². The standard InChI is InChI=1S/C15H17N3O13/c1-10(29-15(20)30-12-7-5-11(6-8-12)16(21)22)28-14(19)4-2-3-13(31-18(25)26)9-27-17(23)24/h5-8,10,13H,2-4,9H2,1H3/t10?,13-/m1/s1. The molecule has 0 radical (unpaired) electrons. The Kier molecular flexibility index (Phi) is 9.88. The molecule has 0 amide bonds. The number of hydrogen-bond acceptors (Lipinski definition) is 13. The second-order valence-corrected chi connectivity index (χ2v) is 5.64. The summed E-state index contributed by atoms with van der Waals surface area (Å²) in [5, 5.41) is 28.8. The van der Waals surface area contributed by atoms with Crippen molar-refractivity contribution >= 4 is 17.8 Å². The lowest BCUT2D eigenvalue weighted by Crippen LogP contribution is -2.26. The molecule has 2 atom stereocenters. The predicted molar refractivity (Wildman–Crippen MR) is 94.4 cm³/mol. The van der Waals surface area contributed by atoms with Crippen molar-refractivity contribution in [2.45, 2.75) is 38.6 Å². The van der Waals surface area contributed by atoms with E-state index in [4.69, 9.17) is 14.2 Å². The summed E-state index contributed by atoms with van der Waals surface area (Å²) in [6.07, 6.45) is -4.23. The zero-order valence-electron chi connectivity index (χ0n) is 15.9. The van der Waals surface area contributed by atoms with Crippen molar-refractivity contribution in [3.05, 3.63) is 54.6 Å². The van der Waals surface area contributed by atoms with Gasteiger partial charge in [-0.1, -0.05) is 0 Å². The van der Waals surface area contributed by atoms with E-state index in [0.29, 0.717) is 0 Å². The number of nitro benzene ring substituents is 1. The third kappa shape index (κ3) is 10.8. The molecule has 0 aromatic heterocycles. The number of nitro groups is 1. The molecule has 0 aliphatic rings. The second kappa shape index (κ2) is 12.3. The van der Waals surface area contributed by atoms with Gasteiger partial charge in [0.05, 0.1) is 4.92 Å². The van der Waals surface area contributed by atoms with Crippen molar-refractivity contribution in [1.29, 1.82) is 0 Å². The van der Waals surface area contributed by atoms with E-state index in [0.717, 1.165) is 12.1 Å². The number of rotatable bonds is 13. The molecule has 1 rings (SSSR count). The predicted octanol–water partition coefficient (Wildman–Crippen LogP) is 1.95. The average Bonchev–Trinajstić information content (AvgIpc) is 2.65. The number of nitrogens with zero attached hydrogens (tertiary/aromatic N) is 3. The summed E-state index contributed by atoms with van der Waals surface area (Å²) >= 11 is 0. The Bertz CT molecular complexity index is 798. The summed E-state index contributed by atoms with van der Waals surface area (Å²) in [5.41, 5.74) is -0.209. The number of carbonyl (C=O) groups is 2. The number of ether oxygens (including phenoxy) is 3. The zero-order valence-corrected chi connectivity index (χ0v) is 15.9. The summed E-state index contributed by atoms with van der Waals surface area (Å²) in [5.74, 6) is -0.867. The van der Waals surface area contributed by atoms with Crippen LogP contribution in [0.4, 0.5) is 10.5 Å². The first-order chi connectivity index (χ1) is 14.6. The van der Waals surface area contributed by atoms with Crippen LogP contribution >= 0.6 is 0 Å². The molecule has 1 unspecified atom stereocenters. The van der Waals surface area contributed by atoms with Crippen molar-refractivity contribution in [3.63, 3.8) is 0 Å². The molecule has 1 aromatic carbocycles. The van der Waals surface area contributed by atoms with Crippen LogP contribution in [-0.2, 0) is 23.9 Å². The maximum absolute atomic E-state index is 11.7. The third-order valence-electron chi connectivity index (χ3n) is 3.32. The van der Waals surface area contributed by atoms with Gasteiger partial charge in [0, 0.05) is 25.5 Å². The molecule has 16 nitrogen and oxygen atoms in total. The quantitative estimate of drug-likeness (QED) is 0.139. The van der Waals surface area contributed by atoms with Gasteiger partial charge in [-0.2, -0.15) is 0 Å². The molecule has 16 heteroatoms. The number of benzene rings is 1. The summed E-state index contributed by atoms with van der Waals surface area (Å²) in [7, 11) is 0. The van der Waals surface area contributed by atoms with E-state index >= 15 is 0 Å². The first-order valence-corrected chi connectivity index (χ1v) is 8.47. The Morgan fingerprint density at radius 2 is 1.65 bits per heavy atom. The lowest BCUT2D eigenvalue weighted by Gasteiger charge is -2.15. The highest BCUT2D eigenvalue weighted by molar-refractivity contribution is 5.70. The van der Waals surface area contributed by atoms with Gasteiger partial charge in [0.2, 0.25) is 6.29 Å². The first-order valence-electron chi connectivity index (χ1n) is 8.47. The fourth-order valence-electron chi connectivity index (χ4n) is 2.07. The van der Waals surface area contributed by atoms with Gasteiger partial charge in [-0.05, 0) is 25.0 Å². The van der Waals surface area contributed by atoms with Crippen LogP contribution in [0.5, 0.6) is 5.75 Å². The highest BCUT2D eigenvalue weighted by atomic mass is 17.0. The molecule has 0 heterocycles. The van der Waals surface area contributed by atoms with E-state index in [1.54, 1.807) is 0 Å². The Labute approximate surface area is 172 Å². The van der Waals surface area contributed by atoms with Gasteiger partial charge < -0.3 is 23.9 Å². The van der Waals surface area contributed by atoms with Crippen LogP contribution in [0.3, 0.4) is 0 Å². The molecule has 1 aromatic rings. The molecule has 0 fully saturated rings. The summed E-state index contributed by atoms with van der Waals surface area (Å²) in [4.78, 5) is 62.0. The molecule has 0 aliphatic carbocycles. The normalized spacial score (nSPS) is 12.0. The molecule has 31 heavy (non-hydrogen) atoms. The fraction of sp³-hybridized carbons (Fsp3) is 0.467. The van der Waals surface area contributed by atoms with Crippen LogP contribution in [0.1, 0.15) is 26.2 Å². The maximum Gasteiger partial charge on any atom is 0.516 e. The molecule has 0 N–H and O–H groups in total. The first kappa shape index (κ1) is 24.8. The topological polar surface area (TPSA) is 210 Å². The molecule has 0 saturated carbocycles. The Hall–Kier alpha value is -4.24. The van der Waals surface area contributed by atoms with Crippen LogP contribution in [0.15, 0.2) is 24.3 Å². The van der Waals surface area contributed by atoms with Crippen molar-refractivity contribution in [3.8, 4) is 5.75 Å². The number of non-ortho nitro benzene ring substituents is 1. The molecule has 0 saturated heterocycles. The van der Waals surface area contributed by atoms with Crippen LogP contribution in [0, 0.1) is 30.3 Å². The molecule has 0 aliphatic heterocycles. The third-order valence-corrected chi connectivity index (χ3v) is 3.32. The molecule has 170 valence electrons. The van der Waals surface area contributed by atoms with Gasteiger partial charge in [-0.25, -0.2) is 4.79 Å². The van der Waals surface area contributed by atoms with E-state index in [-0.39, 0.29) is 30.7 Å². The summed E-state index contributed by atoms with van der Waals surface area (Å²) in [6.45, 7) is 0.523. The van der Waals surface area contributed by atoms with Crippen LogP contribution in [-0.4, -0.2) is 46.2 Å². The van der Waals surface area contributed by atoms with Crippen molar-refractivity contribution in [1.82, 2.24) is 0 Å². The van der Waals surface area contributed by atoms with Gasteiger partial charge in [0.25, 0.3) is 15.9 Å². The Morgan fingerprint density at radius 1 is 1.00 bits per heavy atom. The largest absolute Gasteiger partial charge is 0.516 e. The second-order valence-electron chi connectivity index (χ2n) is 5.64. The van der Waals surface area contributed by atoms with Gasteiger partial charge in [-0.15, -0.1) is 20.2 Å². The molecule has 0 bridgehead atoms. The lowest BCUT2D eigenvalue weighted by molar-refractivity contribution is -0.790. The Balaban J connectivity index is 2.36. The van der Waals surface area contributed by atoms with Crippen LogP contribution in [0.2, 0.25) is 0 Å². The van der Waals surface area contributed by atoms with Gasteiger partial charge in [0.15, 0.2) is 0 Å². The minimum atomic E-state index is -1.35. The average molecular weight is 447 g/mol. The number of hydrogen-bond donors (Lipinski definition) is 0.